The Bertz CT molecular complexity index is 81.0. The molecule has 0 saturated heterocycles. The van der Waals surface area contributed by atoms with Crippen LogP contribution in [0.15, 0.2) is 0 Å². The Labute approximate surface area is 62.2 Å². The van der Waals surface area contributed by atoms with E-state index < -0.39 is 0 Å². The van der Waals surface area contributed by atoms with Gasteiger partial charge in [0.1, 0.15) is 5.78 Å². The molecule has 0 N–H and O–H groups in total. The van der Waals surface area contributed by atoms with Gasteiger partial charge >= 0.3 is 0 Å². The highest BCUT2D eigenvalue weighted by atomic mass is 32.1. The van der Waals surface area contributed by atoms with Crippen LogP contribution >= 0.6 is 12.6 Å². The molecule has 0 aromatic rings. The van der Waals surface area contributed by atoms with Gasteiger partial charge in [0.25, 0.3) is 0 Å². The van der Waals surface area contributed by atoms with Crippen LogP contribution in [0.4, 0.5) is 0 Å². The molecule has 1 nitrogen and oxygen atoms in total. The van der Waals surface area contributed by atoms with Crippen molar-refractivity contribution in [2.75, 3.05) is 5.75 Å². The van der Waals surface area contributed by atoms with Crippen molar-refractivity contribution < 1.29 is 4.79 Å². The molecule has 0 aromatic heterocycles. The minimum absolute atomic E-state index is 0.300. The molecule has 0 aliphatic heterocycles. The first-order valence-electron chi connectivity index (χ1n) is 3.37. The van der Waals surface area contributed by atoms with Crippen LogP contribution in [0.25, 0.3) is 0 Å². The molecule has 0 unspecified atom stereocenters. The van der Waals surface area contributed by atoms with Crippen molar-refractivity contribution >= 4 is 18.4 Å². The summed E-state index contributed by atoms with van der Waals surface area (Å²) in [5.74, 6) is 1.24. The van der Waals surface area contributed by atoms with E-state index in [0.29, 0.717) is 5.78 Å². The van der Waals surface area contributed by atoms with Gasteiger partial charge in [0.05, 0.1) is 0 Å². The molecule has 0 amide bonds. The zero-order valence-electron chi connectivity index (χ0n) is 5.89. The molecule has 0 aromatic carbocycles. The monoisotopic (exact) mass is 146 g/mol. The van der Waals surface area contributed by atoms with Crippen molar-refractivity contribution in [3.8, 4) is 0 Å². The Balaban J connectivity index is 2.83. The largest absolute Gasteiger partial charge is 0.300 e. The lowest BCUT2D eigenvalue weighted by atomic mass is 10.2. The van der Waals surface area contributed by atoms with E-state index in [9.17, 15) is 4.79 Å². The Kier molecular flexibility index (Phi) is 6.16. The molecule has 9 heavy (non-hydrogen) atoms. The molecule has 54 valence electrons. The normalized spacial score (nSPS) is 9.56. The van der Waals surface area contributed by atoms with Crippen LogP contribution in [0.1, 0.15) is 32.6 Å². The summed E-state index contributed by atoms with van der Waals surface area (Å²) in [6.45, 7) is 1.64. The van der Waals surface area contributed by atoms with Crippen LogP contribution in [-0.2, 0) is 4.79 Å². The molecule has 0 radical (unpaired) electrons. The van der Waals surface area contributed by atoms with Crippen molar-refractivity contribution in [2.24, 2.45) is 0 Å². The highest BCUT2D eigenvalue weighted by molar-refractivity contribution is 7.80. The first kappa shape index (κ1) is 9.02. The summed E-state index contributed by atoms with van der Waals surface area (Å²) < 4.78 is 0. The summed E-state index contributed by atoms with van der Waals surface area (Å²) in [5.41, 5.74) is 0. The number of unbranched alkanes of at least 4 members (excludes halogenated alkanes) is 2. The van der Waals surface area contributed by atoms with E-state index in [-0.39, 0.29) is 0 Å². The number of carbonyl (C=O) groups is 1. The van der Waals surface area contributed by atoms with Gasteiger partial charge in [-0.15, -0.1) is 0 Å². The van der Waals surface area contributed by atoms with Crippen molar-refractivity contribution in [3.63, 3.8) is 0 Å². The minimum Gasteiger partial charge on any atom is -0.300 e. The first-order valence-corrected chi connectivity index (χ1v) is 4.01. The van der Waals surface area contributed by atoms with Crippen LogP contribution in [0.5, 0.6) is 0 Å². The van der Waals surface area contributed by atoms with Gasteiger partial charge in [-0.25, -0.2) is 0 Å². The molecule has 0 spiro atoms. The van der Waals surface area contributed by atoms with E-state index in [4.69, 9.17) is 0 Å². The van der Waals surface area contributed by atoms with Crippen LogP contribution in [0, 0.1) is 0 Å². The molecule has 0 rings (SSSR count). The van der Waals surface area contributed by atoms with Gasteiger partial charge in [0.2, 0.25) is 0 Å². The molecule has 0 heterocycles. The Morgan fingerprint density at radius 1 is 1.33 bits per heavy atom. The zero-order chi connectivity index (χ0) is 7.11. The molecule has 0 bridgehead atoms. The third-order valence-electron chi connectivity index (χ3n) is 1.19. The second kappa shape index (κ2) is 6.14. The fourth-order valence-corrected chi connectivity index (χ4v) is 0.886. The topological polar surface area (TPSA) is 17.1 Å². The molecule has 0 atom stereocenters. The van der Waals surface area contributed by atoms with Crippen LogP contribution in [0.2, 0.25) is 0 Å². The van der Waals surface area contributed by atoms with E-state index in [1.54, 1.807) is 6.92 Å². The SMILES string of the molecule is CC(=O)CCCCCS. The molecule has 0 saturated carbocycles. The maximum Gasteiger partial charge on any atom is 0.129 e. The fourth-order valence-electron chi connectivity index (χ4n) is 0.663. The van der Waals surface area contributed by atoms with Gasteiger partial charge in [-0.1, -0.05) is 6.42 Å². The number of rotatable bonds is 5. The van der Waals surface area contributed by atoms with Gasteiger partial charge in [-0.05, 0) is 25.5 Å². The third kappa shape index (κ3) is 8.02. The average Bonchev–Trinajstić information content (AvgIpc) is 1.80. The summed E-state index contributed by atoms with van der Waals surface area (Å²) in [4.78, 5) is 10.4. The number of carbonyl (C=O) groups excluding carboxylic acids is 1. The standard InChI is InChI=1S/C7H14OS/c1-7(8)5-3-2-4-6-9/h9H,2-6H2,1H3. The predicted molar refractivity (Wildman–Crippen MR) is 43.0 cm³/mol. The Morgan fingerprint density at radius 3 is 2.44 bits per heavy atom. The highest BCUT2D eigenvalue weighted by Gasteiger charge is 1.91. The Morgan fingerprint density at radius 2 is 2.00 bits per heavy atom. The first-order chi connectivity index (χ1) is 4.27. The van der Waals surface area contributed by atoms with Crippen LogP contribution in [-0.4, -0.2) is 11.5 Å². The van der Waals surface area contributed by atoms with E-state index in [2.05, 4.69) is 12.6 Å². The number of Topliss-reactive ketones (excluding diaryl/α,β-unsaturated/α-hetero) is 1. The van der Waals surface area contributed by atoms with Crippen molar-refractivity contribution in [1.82, 2.24) is 0 Å². The van der Waals surface area contributed by atoms with Crippen LogP contribution in [0.3, 0.4) is 0 Å². The quantitative estimate of drug-likeness (QED) is 0.464. The predicted octanol–water partition coefficient (Wildman–Crippen LogP) is 2.07. The maximum absolute atomic E-state index is 10.4. The van der Waals surface area contributed by atoms with E-state index in [0.717, 1.165) is 31.4 Å². The third-order valence-corrected chi connectivity index (χ3v) is 1.50. The van der Waals surface area contributed by atoms with E-state index in [1.165, 1.54) is 0 Å². The second-order valence-corrected chi connectivity index (χ2v) is 2.68. The smallest absolute Gasteiger partial charge is 0.129 e. The molecule has 0 aliphatic carbocycles. The summed E-state index contributed by atoms with van der Waals surface area (Å²) in [6, 6.07) is 0. The van der Waals surface area contributed by atoms with Crippen molar-refractivity contribution in [3.05, 3.63) is 0 Å². The van der Waals surface area contributed by atoms with E-state index in [1.807, 2.05) is 0 Å². The highest BCUT2D eigenvalue weighted by Crippen LogP contribution is 2.00. The minimum atomic E-state index is 0.300. The van der Waals surface area contributed by atoms with Gasteiger partial charge in [0.15, 0.2) is 0 Å². The summed E-state index contributed by atoms with van der Waals surface area (Å²) >= 11 is 4.06. The number of hydrogen-bond acceptors (Lipinski definition) is 2. The van der Waals surface area contributed by atoms with Crippen molar-refractivity contribution in [2.45, 2.75) is 32.6 Å². The average molecular weight is 146 g/mol. The van der Waals surface area contributed by atoms with Gasteiger partial charge in [-0.2, -0.15) is 12.6 Å². The number of hydrogen-bond donors (Lipinski definition) is 1. The molecule has 0 fully saturated rings. The van der Waals surface area contributed by atoms with Crippen LogP contribution < -0.4 is 0 Å². The molecular weight excluding hydrogens is 132 g/mol. The summed E-state index contributed by atoms with van der Waals surface area (Å²) in [6.07, 6.45) is 4.06. The van der Waals surface area contributed by atoms with Crippen molar-refractivity contribution in [1.29, 1.82) is 0 Å². The lowest BCUT2D eigenvalue weighted by Crippen LogP contribution is -1.89. The zero-order valence-corrected chi connectivity index (χ0v) is 6.79. The summed E-state index contributed by atoms with van der Waals surface area (Å²) in [5, 5.41) is 0. The number of ketones is 1. The van der Waals surface area contributed by atoms with Gasteiger partial charge < -0.3 is 4.79 Å². The molecule has 2 heteroatoms. The lowest BCUT2D eigenvalue weighted by Gasteiger charge is -1.93. The van der Waals surface area contributed by atoms with E-state index >= 15 is 0 Å². The molecule has 0 aliphatic rings. The van der Waals surface area contributed by atoms with Gasteiger partial charge in [-0.3, -0.25) is 0 Å². The molecular formula is C7H14OS. The lowest BCUT2D eigenvalue weighted by molar-refractivity contribution is -0.117. The second-order valence-electron chi connectivity index (χ2n) is 2.24. The fraction of sp³-hybridized carbons (Fsp3) is 0.857. The summed E-state index contributed by atoms with van der Waals surface area (Å²) in [7, 11) is 0. The maximum atomic E-state index is 10.4. The Hall–Kier alpha value is 0.0200. The number of thiol groups is 1. The van der Waals surface area contributed by atoms with Gasteiger partial charge in [0, 0.05) is 6.42 Å².